The van der Waals surface area contributed by atoms with Gasteiger partial charge in [0.25, 0.3) is 0 Å². The Labute approximate surface area is 231 Å². The fraction of sp³-hybridized carbons (Fsp3) is 0.714. The molecule has 0 amide bonds. The number of aliphatic carboxylic acids is 2. The number of carbonyl (C=O) groups excluding carboxylic acids is 6. The van der Waals surface area contributed by atoms with Gasteiger partial charge in [0.05, 0.1) is 18.6 Å². The number of ketones is 4. The Morgan fingerprint density at radius 1 is 0.625 bits per heavy atom. The molecule has 6 aliphatic rings. The van der Waals surface area contributed by atoms with Gasteiger partial charge in [-0.25, -0.2) is 0 Å². The smallest absolute Gasteiger partial charge is 0.320 e. The lowest BCUT2D eigenvalue weighted by Crippen LogP contribution is -2.70. The maximum atomic E-state index is 12.8. The highest BCUT2D eigenvalue weighted by Gasteiger charge is 2.76. The third-order valence-electron chi connectivity index (χ3n) is 9.84. The second-order valence-electron chi connectivity index (χ2n) is 11.1. The molecule has 0 aliphatic heterocycles. The number of hydrogen-bond acceptors (Lipinski definition) is 10. The summed E-state index contributed by atoms with van der Waals surface area (Å²) >= 11 is 0. The monoisotopic (exact) mass is 564 g/mol. The number of esters is 2. The number of carbonyl (C=O) groups is 8. The first-order chi connectivity index (χ1) is 18.7. The number of carboxylic acids is 2. The summed E-state index contributed by atoms with van der Waals surface area (Å²) in [4.78, 5) is 97.2. The van der Waals surface area contributed by atoms with Gasteiger partial charge in [0.1, 0.15) is 21.7 Å². The molecule has 4 atom stereocenters. The molecule has 6 aliphatic carbocycles. The van der Waals surface area contributed by atoms with Crippen LogP contribution in [0.2, 0.25) is 0 Å². The maximum Gasteiger partial charge on any atom is 0.320 e. The van der Waals surface area contributed by atoms with Crippen LogP contribution >= 0.6 is 0 Å². The summed E-state index contributed by atoms with van der Waals surface area (Å²) in [6, 6.07) is 0. The SMILES string of the molecule is CCC1(CC)C(=O)C2(C(=O)O)CCC1(C(=O)O)C(=O)C2.CCOC(=O)C12CCC(C(=O)OCC)(CC1=O)C(=O)C2. The number of carboxylic acid groups (broad SMARTS) is 2. The van der Waals surface area contributed by atoms with E-state index in [2.05, 4.69) is 0 Å². The van der Waals surface area contributed by atoms with Crippen molar-refractivity contribution in [1.29, 1.82) is 0 Å². The van der Waals surface area contributed by atoms with Crippen LogP contribution in [-0.2, 0) is 47.8 Å². The topological polar surface area (TPSA) is 195 Å². The van der Waals surface area contributed by atoms with Gasteiger partial charge in [-0.3, -0.25) is 38.4 Å². The molecule has 0 aromatic carbocycles. The van der Waals surface area contributed by atoms with Crippen LogP contribution in [0.15, 0.2) is 0 Å². The van der Waals surface area contributed by atoms with Crippen LogP contribution in [0.5, 0.6) is 0 Å². The van der Waals surface area contributed by atoms with E-state index in [4.69, 9.17) is 9.47 Å². The van der Waals surface area contributed by atoms with Crippen LogP contribution in [-0.4, -0.2) is 70.4 Å². The molecule has 12 nitrogen and oxygen atoms in total. The molecule has 0 radical (unpaired) electrons. The summed E-state index contributed by atoms with van der Waals surface area (Å²) in [5.74, 6) is -5.83. The predicted molar refractivity (Wildman–Crippen MR) is 134 cm³/mol. The number of ether oxygens (including phenoxy) is 2. The van der Waals surface area contributed by atoms with Crippen molar-refractivity contribution in [3.05, 3.63) is 0 Å². The van der Waals surface area contributed by atoms with E-state index in [9.17, 15) is 48.6 Å². The minimum Gasteiger partial charge on any atom is -0.480 e. The zero-order valence-electron chi connectivity index (χ0n) is 23.3. The number of fused-ring (bicyclic) bond motifs is 6. The standard InChI is InChI=1S/2C14H18O6/c1-3-19-11(17)13-5-6-14(8-9(13)15,10(16)7-13)12(18)20-4-2;1-3-13(4-2)9(16)12(10(17)18)5-6-14(13,11(19)20)8(15)7-12/h3-8H2,1-2H3;3-7H2,1-2H3,(H,17,18)(H,19,20). The van der Waals surface area contributed by atoms with Gasteiger partial charge in [-0.15, -0.1) is 0 Å². The minimum absolute atomic E-state index is 0.0685. The molecule has 2 N–H and O–H groups in total. The van der Waals surface area contributed by atoms with Crippen LogP contribution < -0.4 is 0 Å². The average molecular weight is 565 g/mol. The zero-order valence-corrected chi connectivity index (χ0v) is 23.3. The Hall–Kier alpha value is -3.44. The summed E-state index contributed by atoms with van der Waals surface area (Å²) in [5.41, 5.74) is -7.61. The molecule has 40 heavy (non-hydrogen) atoms. The van der Waals surface area contributed by atoms with Crippen molar-refractivity contribution in [2.75, 3.05) is 13.2 Å². The molecule has 6 saturated carbocycles. The third-order valence-corrected chi connectivity index (χ3v) is 9.84. The Bertz CT molecular complexity index is 1140. The highest BCUT2D eigenvalue weighted by molar-refractivity contribution is 6.22. The summed E-state index contributed by atoms with van der Waals surface area (Å²) in [7, 11) is 0. The van der Waals surface area contributed by atoms with E-state index < -0.39 is 68.9 Å². The van der Waals surface area contributed by atoms with Crippen molar-refractivity contribution in [1.82, 2.24) is 0 Å². The van der Waals surface area contributed by atoms with Crippen molar-refractivity contribution in [3.8, 4) is 0 Å². The second-order valence-corrected chi connectivity index (χ2v) is 11.1. The van der Waals surface area contributed by atoms with Crippen LogP contribution in [0, 0.1) is 27.1 Å². The lowest BCUT2D eigenvalue weighted by atomic mass is 9.40. The van der Waals surface area contributed by atoms with Gasteiger partial charge in [-0.05, 0) is 52.4 Å². The summed E-state index contributed by atoms with van der Waals surface area (Å²) in [5, 5.41) is 19.0. The number of Topliss-reactive ketones (excluding diaryl/α,β-unsaturated/α-hetero) is 4. The molecular weight excluding hydrogens is 528 g/mol. The first-order valence-corrected chi connectivity index (χ1v) is 13.6. The van der Waals surface area contributed by atoms with Gasteiger partial charge in [0.2, 0.25) is 0 Å². The molecule has 0 aromatic rings. The first kappa shape index (κ1) is 31.1. The molecule has 0 heterocycles. The normalized spacial score (nSPS) is 33.6. The summed E-state index contributed by atoms with van der Waals surface area (Å²) < 4.78 is 9.86. The molecule has 0 aromatic heterocycles. The highest BCUT2D eigenvalue weighted by atomic mass is 16.5. The highest BCUT2D eigenvalue weighted by Crippen LogP contribution is 2.64. The third kappa shape index (κ3) is 3.85. The lowest BCUT2D eigenvalue weighted by Gasteiger charge is -2.57. The van der Waals surface area contributed by atoms with E-state index in [1.54, 1.807) is 27.7 Å². The average Bonchev–Trinajstić information content (AvgIpc) is 2.91. The molecule has 6 fully saturated rings. The summed E-state index contributed by atoms with van der Waals surface area (Å²) in [6.45, 7) is 6.91. The van der Waals surface area contributed by atoms with Gasteiger partial charge >= 0.3 is 23.9 Å². The van der Waals surface area contributed by atoms with Crippen LogP contribution in [0.3, 0.4) is 0 Å². The van der Waals surface area contributed by atoms with E-state index in [-0.39, 0.29) is 76.1 Å². The van der Waals surface area contributed by atoms with Crippen LogP contribution in [0.25, 0.3) is 0 Å². The van der Waals surface area contributed by atoms with E-state index >= 15 is 0 Å². The summed E-state index contributed by atoms with van der Waals surface area (Å²) in [6.07, 6.45) is -0.445. The Kier molecular flexibility index (Phi) is 8.17. The van der Waals surface area contributed by atoms with Gasteiger partial charge in [-0.2, -0.15) is 0 Å². The molecule has 220 valence electrons. The van der Waals surface area contributed by atoms with Gasteiger partial charge in [-0.1, -0.05) is 13.8 Å². The van der Waals surface area contributed by atoms with Gasteiger partial charge < -0.3 is 19.7 Å². The number of hydrogen-bond donors (Lipinski definition) is 2. The second kappa shape index (κ2) is 10.5. The van der Waals surface area contributed by atoms with Crippen LogP contribution in [0.1, 0.15) is 85.5 Å². The van der Waals surface area contributed by atoms with Gasteiger partial charge in [0.15, 0.2) is 23.1 Å². The fourth-order valence-electron chi connectivity index (χ4n) is 7.37. The van der Waals surface area contributed by atoms with Crippen LogP contribution in [0.4, 0.5) is 0 Å². The van der Waals surface area contributed by atoms with Crippen molar-refractivity contribution >= 4 is 47.0 Å². The Morgan fingerprint density at radius 2 is 1.02 bits per heavy atom. The molecular formula is C28H36O12. The molecule has 4 bridgehead atoms. The van der Waals surface area contributed by atoms with Crippen molar-refractivity contribution in [2.24, 2.45) is 27.1 Å². The molecule has 6 rings (SSSR count). The zero-order chi connectivity index (χ0) is 30.3. The minimum atomic E-state index is -1.75. The quantitative estimate of drug-likeness (QED) is 0.322. The van der Waals surface area contributed by atoms with Gasteiger partial charge in [0, 0.05) is 19.3 Å². The van der Waals surface area contributed by atoms with E-state index in [0.29, 0.717) is 0 Å². The molecule has 12 heteroatoms. The Morgan fingerprint density at radius 3 is 1.32 bits per heavy atom. The number of rotatable bonds is 8. The predicted octanol–water partition coefficient (Wildman–Crippen LogP) is 2.08. The van der Waals surface area contributed by atoms with Crippen molar-refractivity contribution in [2.45, 2.75) is 85.5 Å². The van der Waals surface area contributed by atoms with E-state index in [0.717, 1.165) is 0 Å². The first-order valence-electron chi connectivity index (χ1n) is 13.6. The molecule has 4 unspecified atom stereocenters. The molecule has 0 spiro atoms. The van der Waals surface area contributed by atoms with E-state index in [1.165, 1.54) is 0 Å². The van der Waals surface area contributed by atoms with Crippen molar-refractivity contribution in [3.63, 3.8) is 0 Å². The lowest BCUT2D eigenvalue weighted by molar-refractivity contribution is -0.199. The van der Waals surface area contributed by atoms with Crippen molar-refractivity contribution < 1.29 is 58.0 Å². The van der Waals surface area contributed by atoms with E-state index in [1.807, 2.05) is 0 Å². The Balaban J connectivity index is 0.000000220. The molecule has 0 saturated heterocycles. The largest absolute Gasteiger partial charge is 0.480 e. The fourth-order valence-corrected chi connectivity index (χ4v) is 7.37. The maximum absolute atomic E-state index is 12.8.